The van der Waals surface area contributed by atoms with E-state index in [-0.39, 0.29) is 17.9 Å². The molecule has 0 aromatic rings. The van der Waals surface area contributed by atoms with Crippen LogP contribution in [-0.4, -0.2) is 47.3 Å². The molecule has 2 saturated heterocycles. The number of hydrogen-bond donors (Lipinski definition) is 0. The summed E-state index contributed by atoms with van der Waals surface area (Å²) < 4.78 is 0. The van der Waals surface area contributed by atoms with Crippen LogP contribution in [0.5, 0.6) is 0 Å². The van der Waals surface area contributed by atoms with Crippen molar-refractivity contribution in [2.45, 2.75) is 57.9 Å². The van der Waals surface area contributed by atoms with Crippen molar-refractivity contribution in [3.05, 3.63) is 0 Å². The maximum atomic E-state index is 12.6. The Morgan fingerprint density at radius 1 is 1.05 bits per heavy atom. The second-order valence-electron chi connectivity index (χ2n) is 6.91. The lowest BCUT2D eigenvalue weighted by molar-refractivity contribution is -0.139. The Morgan fingerprint density at radius 2 is 1.80 bits per heavy atom. The fraction of sp³-hybridized carbons (Fsp3) is 0.875. The van der Waals surface area contributed by atoms with E-state index in [1.54, 1.807) is 0 Å². The van der Waals surface area contributed by atoms with Gasteiger partial charge in [0.25, 0.3) is 0 Å². The van der Waals surface area contributed by atoms with Gasteiger partial charge in [-0.2, -0.15) is 0 Å². The number of carbonyl (C=O) groups excluding carboxylic acids is 2. The Hall–Kier alpha value is -1.06. The highest BCUT2D eigenvalue weighted by Gasteiger charge is 2.39. The fourth-order valence-corrected chi connectivity index (χ4v) is 4.02. The lowest BCUT2D eigenvalue weighted by Gasteiger charge is -2.32. The van der Waals surface area contributed by atoms with Gasteiger partial charge in [0.2, 0.25) is 11.8 Å². The topological polar surface area (TPSA) is 40.6 Å². The molecule has 20 heavy (non-hydrogen) atoms. The van der Waals surface area contributed by atoms with Gasteiger partial charge in [-0.15, -0.1) is 0 Å². The van der Waals surface area contributed by atoms with Crippen LogP contribution < -0.4 is 0 Å². The van der Waals surface area contributed by atoms with E-state index in [2.05, 4.69) is 6.92 Å². The number of hydrogen-bond acceptors (Lipinski definition) is 2. The van der Waals surface area contributed by atoms with Gasteiger partial charge in [0.05, 0.1) is 0 Å². The Balaban J connectivity index is 1.64. The van der Waals surface area contributed by atoms with Crippen molar-refractivity contribution >= 4 is 11.8 Å². The number of amides is 2. The quantitative estimate of drug-likeness (QED) is 0.775. The molecule has 0 spiro atoms. The molecule has 0 aromatic heterocycles. The molecular formula is C16H26N2O2. The number of carbonyl (C=O) groups is 2. The SMILES string of the molecule is CC1CCC(CN2CCC(=O)N3CCCC3C2=O)CC1. The third-order valence-electron chi connectivity index (χ3n) is 5.38. The largest absolute Gasteiger partial charge is 0.340 e. The average molecular weight is 278 g/mol. The van der Waals surface area contributed by atoms with Gasteiger partial charge in [-0.3, -0.25) is 9.59 Å². The summed E-state index contributed by atoms with van der Waals surface area (Å²) in [5, 5.41) is 0. The number of fused-ring (bicyclic) bond motifs is 1. The predicted molar refractivity (Wildman–Crippen MR) is 77.1 cm³/mol. The summed E-state index contributed by atoms with van der Waals surface area (Å²) in [6.07, 6.45) is 7.44. The Bertz CT molecular complexity index is 388. The Labute approximate surface area is 121 Å². The van der Waals surface area contributed by atoms with Crippen LogP contribution in [0.2, 0.25) is 0 Å². The van der Waals surface area contributed by atoms with Gasteiger partial charge in [0.1, 0.15) is 6.04 Å². The highest BCUT2D eigenvalue weighted by molar-refractivity contribution is 5.90. The first kappa shape index (κ1) is 13.9. The average Bonchev–Trinajstić information content (AvgIpc) is 2.90. The van der Waals surface area contributed by atoms with Gasteiger partial charge in [0, 0.05) is 26.1 Å². The number of nitrogens with zero attached hydrogens (tertiary/aromatic N) is 2. The molecule has 2 heterocycles. The van der Waals surface area contributed by atoms with Gasteiger partial charge >= 0.3 is 0 Å². The van der Waals surface area contributed by atoms with Crippen LogP contribution in [0.25, 0.3) is 0 Å². The first-order chi connectivity index (χ1) is 9.65. The van der Waals surface area contributed by atoms with Crippen LogP contribution in [0.1, 0.15) is 51.9 Å². The van der Waals surface area contributed by atoms with Crippen LogP contribution >= 0.6 is 0 Å². The third-order valence-corrected chi connectivity index (χ3v) is 5.38. The molecule has 4 nitrogen and oxygen atoms in total. The van der Waals surface area contributed by atoms with E-state index in [4.69, 9.17) is 0 Å². The van der Waals surface area contributed by atoms with Crippen LogP contribution in [-0.2, 0) is 9.59 Å². The van der Waals surface area contributed by atoms with Gasteiger partial charge in [-0.05, 0) is 37.5 Å². The lowest BCUT2D eigenvalue weighted by atomic mass is 9.83. The molecule has 3 fully saturated rings. The summed E-state index contributed by atoms with van der Waals surface area (Å²) in [6, 6.07) is -0.146. The first-order valence-electron chi connectivity index (χ1n) is 8.23. The molecule has 0 bridgehead atoms. The minimum absolute atomic E-state index is 0.146. The van der Waals surface area contributed by atoms with E-state index in [0.717, 1.165) is 31.8 Å². The lowest BCUT2D eigenvalue weighted by Crippen LogP contribution is -2.45. The predicted octanol–water partition coefficient (Wildman–Crippen LogP) is 2.04. The second kappa shape index (κ2) is 5.74. The zero-order valence-electron chi connectivity index (χ0n) is 12.5. The van der Waals surface area contributed by atoms with Crippen molar-refractivity contribution in [1.82, 2.24) is 9.80 Å². The summed E-state index contributed by atoms with van der Waals surface area (Å²) in [5.41, 5.74) is 0. The summed E-state index contributed by atoms with van der Waals surface area (Å²) in [7, 11) is 0. The molecule has 4 heteroatoms. The van der Waals surface area contributed by atoms with Crippen molar-refractivity contribution in [2.75, 3.05) is 19.6 Å². The monoisotopic (exact) mass is 278 g/mol. The van der Waals surface area contributed by atoms with E-state index >= 15 is 0 Å². The van der Waals surface area contributed by atoms with Crippen LogP contribution in [0.4, 0.5) is 0 Å². The van der Waals surface area contributed by atoms with Gasteiger partial charge in [0.15, 0.2) is 0 Å². The van der Waals surface area contributed by atoms with E-state index < -0.39 is 0 Å². The minimum atomic E-state index is -0.146. The fourth-order valence-electron chi connectivity index (χ4n) is 4.02. The zero-order chi connectivity index (χ0) is 14.1. The molecule has 0 radical (unpaired) electrons. The van der Waals surface area contributed by atoms with Gasteiger partial charge in [-0.1, -0.05) is 19.8 Å². The molecule has 112 valence electrons. The van der Waals surface area contributed by atoms with Crippen LogP contribution in [0.3, 0.4) is 0 Å². The Morgan fingerprint density at radius 3 is 2.55 bits per heavy atom. The molecule has 2 amide bonds. The van der Waals surface area contributed by atoms with E-state index in [1.165, 1.54) is 25.7 Å². The van der Waals surface area contributed by atoms with Crippen molar-refractivity contribution in [3.8, 4) is 0 Å². The highest BCUT2D eigenvalue weighted by atomic mass is 16.2. The van der Waals surface area contributed by atoms with Crippen molar-refractivity contribution < 1.29 is 9.59 Å². The molecule has 3 rings (SSSR count). The van der Waals surface area contributed by atoms with E-state index in [9.17, 15) is 9.59 Å². The molecular weight excluding hydrogens is 252 g/mol. The van der Waals surface area contributed by atoms with E-state index in [0.29, 0.717) is 18.9 Å². The summed E-state index contributed by atoms with van der Waals surface area (Å²) in [4.78, 5) is 28.5. The summed E-state index contributed by atoms with van der Waals surface area (Å²) in [6.45, 7) is 4.62. The van der Waals surface area contributed by atoms with E-state index in [1.807, 2.05) is 9.80 Å². The molecule has 1 atom stereocenters. The summed E-state index contributed by atoms with van der Waals surface area (Å²) >= 11 is 0. The maximum Gasteiger partial charge on any atom is 0.245 e. The molecule has 3 aliphatic rings. The Kier molecular flexibility index (Phi) is 3.99. The number of rotatable bonds is 2. The van der Waals surface area contributed by atoms with Crippen LogP contribution in [0.15, 0.2) is 0 Å². The first-order valence-corrected chi connectivity index (χ1v) is 8.23. The molecule has 2 aliphatic heterocycles. The highest BCUT2D eigenvalue weighted by Crippen LogP contribution is 2.30. The minimum Gasteiger partial charge on any atom is -0.340 e. The van der Waals surface area contributed by atoms with Crippen molar-refractivity contribution in [3.63, 3.8) is 0 Å². The molecule has 1 saturated carbocycles. The van der Waals surface area contributed by atoms with Crippen molar-refractivity contribution in [1.29, 1.82) is 0 Å². The molecule has 0 aromatic carbocycles. The van der Waals surface area contributed by atoms with Crippen molar-refractivity contribution in [2.24, 2.45) is 11.8 Å². The summed E-state index contributed by atoms with van der Waals surface area (Å²) in [5.74, 6) is 1.89. The molecule has 1 aliphatic carbocycles. The molecule has 0 N–H and O–H groups in total. The molecule has 1 unspecified atom stereocenters. The maximum absolute atomic E-state index is 12.6. The second-order valence-corrected chi connectivity index (χ2v) is 6.91. The normalized spacial score (nSPS) is 35.1. The van der Waals surface area contributed by atoms with Gasteiger partial charge in [-0.25, -0.2) is 0 Å². The van der Waals surface area contributed by atoms with Crippen LogP contribution in [0, 0.1) is 11.8 Å². The standard InChI is InChI=1S/C16H26N2O2/c1-12-4-6-13(7-5-12)11-17-10-8-15(19)18-9-2-3-14(18)16(17)20/h12-14H,2-11H2,1H3. The zero-order valence-corrected chi connectivity index (χ0v) is 12.5. The third kappa shape index (κ3) is 2.70. The smallest absolute Gasteiger partial charge is 0.245 e. The van der Waals surface area contributed by atoms with Gasteiger partial charge < -0.3 is 9.80 Å².